The van der Waals surface area contributed by atoms with E-state index in [-0.39, 0.29) is 18.0 Å². The van der Waals surface area contributed by atoms with Crippen LogP contribution in [0.25, 0.3) is 5.69 Å². The molecule has 10 heteroatoms. The van der Waals surface area contributed by atoms with Crippen LogP contribution in [0.5, 0.6) is 11.5 Å². The molecule has 3 heterocycles. The molecular formula is C18H16N4O6. The lowest BCUT2D eigenvalue weighted by Gasteiger charge is -2.18. The van der Waals surface area contributed by atoms with Crippen molar-refractivity contribution >= 4 is 11.9 Å². The Morgan fingerprint density at radius 1 is 1.18 bits per heavy atom. The molecule has 3 aromatic rings. The first-order valence-corrected chi connectivity index (χ1v) is 8.45. The van der Waals surface area contributed by atoms with Crippen LogP contribution in [0, 0.1) is 6.92 Å². The van der Waals surface area contributed by atoms with Crippen molar-refractivity contribution in [2.75, 3.05) is 13.2 Å². The summed E-state index contributed by atoms with van der Waals surface area (Å²) in [5.74, 6) is -0.223. The summed E-state index contributed by atoms with van der Waals surface area (Å²) in [5.41, 5.74) is 1.38. The minimum atomic E-state index is -1.17. The smallest absolute Gasteiger partial charge is 0.371 e. The molecule has 2 N–H and O–H groups in total. The SMILES string of the molecule is Cc1c(C(=O)NCc2ccc(C(=O)O)o2)nnn1-c1ccc2c(c1)OCCO2. The van der Waals surface area contributed by atoms with Crippen LogP contribution in [0.3, 0.4) is 0 Å². The number of hydrogen-bond acceptors (Lipinski definition) is 7. The van der Waals surface area contributed by atoms with Gasteiger partial charge >= 0.3 is 5.97 Å². The highest BCUT2D eigenvalue weighted by Gasteiger charge is 2.20. The monoisotopic (exact) mass is 384 g/mol. The molecule has 0 atom stereocenters. The summed E-state index contributed by atoms with van der Waals surface area (Å²) in [4.78, 5) is 23.3. The van der Waals surface area contributed by atoms with Crippen LogP contribution < -0.4 is 14.8 Å². The van der Waals surface area contributed by atoms with E-state index >= 15 is 0 Å². The molecule has 0 radical (unpaired) electrons. The maximum Gasteiger partial charge on any atom is 0.371 e. The van der Waals surface area contributed by atoms with Crippen molar-refractivity contribution in [1.82, 2.24) is 20.3 Å². The van der Waals surface area contributed by atoms with Gasteiger partial charge in [-0.3, -0.25) is 4.79 Å². The molecule has 144 valence electrons. The maximum atomic E-state index is 12.4. The van der Waals surface area contributed by atoms with Gasteiger partial charge in [-0.25, -0.2) is 9.48 Å². The van der Waals surface area contributed by atoms with Crippen molar-refractivity contribution < 1.29 is 28.6 Å². The third-order valence-corrected chi connectivity index (χ3v) is 4.18. The van der Waals surface area contributed by atoms with E-state index in [9.17, 15) is 9.59 Å². The van der Waals surface area contributed by atoms with Crippen LogP contribution in [0.15, 0.2) is 34.7 Å². The number of aromatic nitrogens is 3. The van der Waals surface area contributed by atoms with Crippen LogP contribution in [0.1, 0.15) is 32.5 Å². The number of fused-ring (bicyclic) bond motifs is 1. The van der Waals surface area contributed by atoms with E-state index in [1.807, 2.05) is 0 Å². The Morgan fingerprint density at radius 2 is 1.96 bits per heavy atom. The fraction of sp³-hybridized carbons (Fsp3) is 0.222. The van der Waals surface area contributed by atoms with Gasteiger partial charge in [0.05, 0.1) is 17.9 Å². The van der Waals surface area contributed by atoms with E-state index in [2.05, 4.69) is 15.6 Å². The van der Waals surface area contributed by atoms with E-state index in [4.69, 9.17) is 19.0 Å². The normalized spacial score (nSPS) is 12.6. The van der Waals surface area contributed by atoms with Crippen LogP contribution in [0.2, 0.25) is 0 Å². The van der Waals surface area contributed by atoms with Crippen molar-refractivity contribution in [1.29, 1.82) is 0 Å². The minimum absolute atomic E-state index is 0.0302. The van der Waals surface area contributed by atoms with Gasteiger partial charge in [0, 0.05) is 6.07 Å². The van der Waals surface area contributed by atoms with E-state index < -0.39 is 11.9 Å². The topological polar surface area (TPSA) is 129 Å². The standard InChI is InChI=1S/C18H16N4O6/c1-10-16(17(23)19-9-12-3-5-14(28-12)18(24)25)20-21-22(10)11-2-4-13-15(8-11)27-7-6-26-13/h2-5,8H,6-7,9H2,1H3,(H,19,23)(H,24,25). The second-order valence-corrected chi connectivity index (χ2v) is 6.02. The molecular weight excluding hydrogens is 368 g/mol. The Balaban J connectivity index is 1.49. The van der Waals surface area contributed by atoms with Crippen LogP contribution >= 0.6 is 0 Å². The van der Waals surface area contributed by atoms with Gasteiger partial charge in [-0.15, -0.1) is 5.10 Å². The van der Waals surface area contributed by atoms with E-state index in [1.54, 1.807) is 25.1 Å². The van der Waals surface area contributed by atoms with Crippen LogP contribution in [-0.2, 0) is 6.54 Å². The quantitative estimate of drug-likeness (QED) is 0.678. The summed E-state index contributed by atoms with van der Waals surface area (Å²) in [6.07, 6.45) is 0. The average Bonchev–Trinajstić information content (AvgIpc) is 3.33. The predicted molar refractivity (Wildman–Crippen MR) is 93.9 cm³/mol. The molecule has 1 aliphatic heterocycles. The number of nitrogens with one attached hydrogen (secondary N) is 1. The summed E-state index contributed by atoms with van der Waals surface area (Å²) in [7, 11) is 0. The molecule has 4 rings (SSSR count). The van der Waals surface area contributed by atoms with Gasteiger partial charge in [-0.05, 0) is 31.2 Å². The molecule has 0 bridgehead atoms. The van der Waals surface area contributed by atoms with Gasteiger partial charge in [0.15, 0.2) is 17.2 Å². The number of carboxylic acids is 1. The predicted octanol–water partition coefficient (Wildman–Crippen LogP) is 1.57. The number of amides is 1. The van der Waals surface area contributed by atoms with Crippen LogP contribution in [0.4, 0.5) is 0 Å². The lowest BCUT2D eigenvalue weighted by atomic mass is 10.2. The number of ether oxygens (including phenoxy) is 2. The Morgan fingerprint density at radius 3 is 2.71 bits per heavy atom. The van der Waals surface area contributed by atoms with Gasteiger partial charge in [-0.2, -0.15) is 0 Å². The second-order valence-electron chi connectivity index (χ2n) is 6.02. The van der Waals surface area contributed by atoms with Crippen molar-refractivity contribution in [3.05, 3.63) is 53.2 Å². The van der Waals surface area contributed by atoms with Gasteiger partial charge in [0.2, 0.25) is 5.76 Å². The van der Waals surface area contributed by atoms with Gasteiger partial charge in [0.25, 0.3) is 5.91 Å². The number of carbonyl (C=O) groups is 2. The summed E-state index contributed by atoms with van der Waals surface area (Å²) >= 11 is 0. The molecule has 0 unspecified atom stereocenters. The zero-order chi connectivity index (χ0) is 19.7. The number of hydrogen-bond donors (Lipinski definition) is 2. The second kappa shape index (κ2) is 7.06. The molecule has 1 aromatic carbocycles. The van der Waals surface area contributed by atoms with Crippen molar-refractivity contribution in [2.24, 2.45) is 0 Å². The number of aromatic carboxylic acids is 1. The van der Waals surface area contributed by atoms with E-state index in [0.717, 1.165) is 0 Å². The summed E-state index contributed by atoms with van der Waals surface area (Å²) in [6.45, 7) is 2.73. The van der Waals surface area contributed by atoms with E-state index in [1.165, 1.54) is 16.8 Å². The molecule has 0 fully saturated rings. The Labute approximate surface area is 158 Å². The molecule has 0 aliphatic carbocycles. The third kappa shape index (κ3) is 3.27. The highest BCUT2D eigenvalue weighted by atomic mass is 16.6. The lowest BCUT2D eigenvalue weighted by molar-refractivity contribution is 0.0660. The van der Waals surface area contributed by atoms with Crippen molar-refractivity contribution in [3.8, 4) is 17.2 Å². The molecule has 0 saturated heterocycles. The number of rotatable bonds is 5. The van der Waals surface area contributed by atoms with Crippen LogP contribution in [-0.4, -0.2) is 45.2 Å². The molecule has 28 heavy (non-hydrogen) atoms. The van der Waals surface area contributed by atoms with Gasteiger partial charge < -0.3 is 24.3 Å². The summed E-state index contributed by atoms with van der Waals surface area (Å²) in [6, 6.07) is 8.17. The minimum Gasteiger partial charge on any atom is -0.486 e. The van der Waals surface area contributed by atoms with Crippen molar-refractivity contribution in [2.45, 2.75) is 13.5 Å². The maximum absolute atomic E-state index is 12.4. The molecule has 1 amide bonds. The first-order chi connectivity index (χ1) is 13.5. The number of furan rings is 1. The third-order valence-electron chi connectivity index (χ3n) is 4.18. The first kappa shape index (κ1) is 17.6. The summed E-state index contributed by atoms with van der Waals surface area (Å²) in [5, 5.41) is 19.5. The summed E-state index contributed by atoms with van der Waals surface area (Å²) < 4.78 is 17.7. The largest absolute Gasteiger partial charge is 0.486 e. The zero-order valence-corrected chi connectivity index (χ0v) is 14.8. The van der Waals surface area contributed by atoms with Crippen molar-refractivity contribution in [3.63, 3.8) is 0 Å². The molecule has 2 aromatic heterocycles. The average molecular weight is 384 g/mol. The Hall–Kier alpha value is -3.82. The number of carbonyl (C=O) groups excluding carboxylic acids is 1. The highest BCUT2D eigenvalue weighted by Crippen LogP contribution is 2.32. The zero-order valence-electron chi connectivity index (χ0n) is 14.8. The Kier molecular flexibility index (Phi) is 4.44. The number of benzene rings is 1. The number of nitrogens with zero attached hydrogens (tertiary/aromatic N) is 3. The van der Waals surface area contributed by atoms with Gasteiger partial charge in [-0.1, -0.05) is 5.21 Å². The fourth-order valence-electron chi connectivity index (χ4n) is 2.79. The van der Waals surface area contributed by atoms with E-state index in [0.29, 0.717) is 41.9 Å². The molecule has 1 aliphatic rings. The Bertz CT molecular complexity index is 1050. The first-order valence-electron chi connectivity index (χ1n) is 8.45. The van der Waals surface area contributed by atoms with Gasteiger partial charge in [0.1, 0.15) is 19.0 Å². The molecule has 0 spiro atoms. The fourth-order valence-corrected chi connectivity index (χ4v) is 2.79. The molecule has 0 saturated carbocycles. The molecule has 10 nitrogen and oxygen atoms in total. The lowest BCUT2D eigenvalue weighted by Crippen LogP contribution is -2.24. The highest BCUT2D eigenvalue weighted by molar-refractivity contribution is 5.93. The number of carboxylic acid groups (broad SMARTS) is 1.